The number of ketones is 1. The minimum absolute atomic E-state index is 0.00147. The number of hydrogen-bond donors (Lipinski definition) is 4. The molecule has 14 nitrogen and oxygen atoms in total. The van der Waals surface area contributed by atoms with E-state index in [1.807, 2.05) is 27.7 Å². The first-order valence-corrected chi connectivity index (χ1v) is 20.1. The predicted octanol–water partition coefficient (Wildman–Crippen LogP) is 1.68. The highest BCUT2D eigenvalue weighted by Crippen LogP contribution is 2.65. The van der Waals surface area contributed by atoms with E-state index in [9.17, 15) is 32.4 Å². The number of nitrogens with one attached hydrogen (secondary N) is 4. The number of ether oxygens (including phenoxy) is 1. The topological polar surface area (TPSA) is 183 Å². The average Bonchev–Trinajstić information content (AvgIpc) is 3.90. The van der Waals surface area contributed by atoms with Crippen LogP contribution in [0.5, 0.6) is 0 Å². The van der Waals surface area contributed by atoms with E-state index in [4.69, 9.17) is 4.74 Å². The van der Waals surface area contributed by atoms with Crippen molar-refractivity contribution >= 4 is 39.6 Å². The maximum absolute atomic E-state index is 14.5. The molecule has 0 aromatic rings. The van der Waals surface area contributed by atoms with Gasteiger partial charge in [0.15, 0.2) is 0 Å². The molecule has 5 atom stereocenters. The molecular weight excluding hydrogens is 664 g/mol. The van der Waals surface area contributed by atoms with Crippen LogP contribution in [-0.2, 0) is 33.9 Å². The van der Waals surface area contributed by atoms with Crippen molar-refractivity contribution < 1.29 is 37.1 Å². The van der Waals surface area contributed by atoms with Gasteiger partial charge in [0.05, 0.1) is 30.5 Å². The number of urea groups is 1. The van der Waals surface area contributed by atoms with Crippen molar-refractivity contribution in [2.45, 2.75) is 129 Å². The van der Waals surface area contributed by atoms with Crippen LogP contribution in [0.1, 0.15) is 99.3 Å². The van der Waals surface area contributed by atoms with E-state index < -0.39 is 68.6 Å². The number of carbonyl (C=O) groups is 5. The first-order valence-electron chi connectivity index (χ1n) is 18.5. The molecule has 0 spiro atoms. The van der Waals surface area contributed by atoms with Crippen LogP contribution < -0.4 is 21.3 Å². The molecule has 2 saturated heterocycles. The zero-order valence-corrected chi connectivity index (χ0v) is 31.5. The summed E-state index contributed by atoms with van der Waals surface area (Å²) < 4.78 is 33.8. The standard InChI is InChI=1S/C35H58N6O8S/c1-7-11-24(27(42)30(44)36-22-12-13-22)37-29(43)26-25-23(34(25,5)6)20-41(26)31(45)28(33(2,3)4)38-32(46)39-35(14-9-8-10-15-35)21-50(47,48)40-16-18-49-19-17-40/h22-26,28H,7-21H2,1-6H3,(H,36,44)(H,37,43)(H2,38,39,46)/t23-,24-,25-,26-,28+/m0/s1. The molecule has 5 aliphatic rings. The third-order valence-electron chi connectivity index (χ3n) is 11.5. The fourth-order valence-corrected chi connectivity index (χ4v) is 10.2. The highest BCUT2D eigenvalue weighted by Gasteiger charge is 2.70. The highest BCUT2D eigenvalue weighted by molar-refractivity contribution is 7.89. The van der Waals surface area contributed by atoms with E-state index in [2.05, 4.69) is 35.1 Å². The Bertz CT molecular complexity index is 1430. The molecular formula is C35H58N6O8S. The third kappa shape index (κ3) is 8.46. The normalized spacial score (nSPS) is 27.3. The van der Waals surface area contributed by atoms with Gasteiger partial charge in [-0.3, -0.25) is 19.2 Å². The summed E-state index contributed by atoms with van der Waals surface area (Å²) in [6.45, 7) is 13.0. The van der Waals surface area contributed by atoms with E-state index in [-0.39, 0.29) is 48.6 Å². The molecule has 4 N–H and O–H groups in total. The smallest absolute Gasteiger partial charge is 0.315 e. The van der Waals surface area contributed by atoms with Crippen molar-refractivity contribution in [1.82, 2.24) is 30.5 Å². The van der Waals surface area contributed by atoms with Crippen LogP contribution in [0.2, 0.25) is 0 Å². The van der Waals surface area contributed by atoms with Gasteiger partial charge in [-0.05, 0) is 54.8 Å². The van der Waals surface area contributed by atoms with Crippen molar-refractivity contribution in [1.29, 1.82) is 0 Å². The Hall–Kier alpha value is -2.78. The molecule has 2 heterocycles. The maximum atomic E-state index is 14.5. The average molecular weight is 723 g/mol. The Morgan fingerprint density at radius 3 is 2.18 bits per heavy atom. The minimum atomic E-state index is -3.69. The molecule has 0 bridgehead atoms. The van der Waals surface area contributed by atoms with Crippen molar-refractivity contribution in [3.8, 4) is 0 Å². The van der Waals surface area contributed by atoms with Crippen LogP contribution in [-0.4, -0.2) is 115 Å². The van der Waals surface area contributed by atoms with Crippen LogP contribution in [0.25, 0.3) is 0 Å². The molecule has 5 rings (SSSR count). The van der Waals surface area contributed by atoms with Gasteiger partial charge in [-0.2, -0.15) is 4.31 Å². The molecule has 0 unspecified atom stereocenters. The Kier molecular flexibility index (Phi) is 11.3. The molecule has 15 heteroatoms. The molecule has 2 aliphatic heterocycles. The van der Waals surface area contributed by atoms with Crippen LogP contribution in [0.15, 0.2) is 0 Å². The molecule has 50 heavy (non-hydrogen) atoms. The maximum Gasteiger partial charge on any atom is 0.315 e. The number of rotatable bonds is 13. The van der Waals surface area contributed by atoms with Gasteiger partial charge in [-0.15, -0.1) is 0 Å². The number of carbonyl (C=O) groups excluding carboxylic acids is 5. The van der Waals surface area contributed by atoms with Gasteiger partial charge in [-0.25, -0.2) is 13.2 Å². The van der Waals surface area contributed by atoms with Crippen LogP contribution >= 0.6 is 0 Å². The molecule has 3 saturated carbocycles. The van der Waals surface area contributed by atoms with Gasteiger partial charge in [0.25, 0.3) is 5.91 Å². The first kappa shape index (κ1) is 38.5. The zero-order chi connectivity index (χ0) is 36.6. The summed E-state index contributed by atoms with van der Waals surface area (Å²) in [4.78, 5) is 69.6. The summed E-state index contributed by atoms with van der Waals surface area (Å²) >= 11 is 0. The van der Waals surface area contributed by atoms with E-state index in [0.29, 0.717) is 39.0 Å². The van der Waals surface area contributed by atoms with Crippen LogP contribution in [0.4, 0.5) is 4.79 Å². The third-order valence-corrected chi connectivity index (χ3v) is 13.6. The van der Waals surface area contributed by atoms with Gasteiger partial charge in [0, 0.05) is 25.7 Å². The molecule has 0 aromatic carbocycles. The number of likely N-dealkylation sites (tertiary alicyclic amines) is 1. The van der Waals surface area contributed by atoms with Gasteiger partial charge in [-0.1, -0.05) is 67.2 Å². The lowest BCUT2D eigenvalue weighted by Crippen LogP contribution is -2.64. The van der Waals surface area contributed by atoms with Crippen LogP contribution in [0, 0.1) is 22.7 Å². The summed E-state index contributed by atoms with van der Waals surface area (Å²) in [5.74, 6) is -2.60. The van der Waals surface area contributed by atoms with E-state index in [1.165, 1.54) is 9.21 Å². The number of sulfonamides is 1. The number of nitrogens with zero attached hydrogens (tertiary/aromatic N) is 2. The minimum Gasteiger partial charge on any atom is -0.379 e. The van der Waals surface area contributed by atoms with Crippen molar-refractivity contribution in [3.05, 3.63) is 0 Å². The summed E-state index contributed by atoms with van der Waals surface area (Å²) in [6.07, 6.45) is 6.00. The van der Waals surface area contributed by atoms with Crippen molar-refractivity contribution in [2.24, 2.45) is 22.7 Å². The second-order valence-corrected chi connectivity index (χ2v) is 18.8. The number of piperidine rings is 1. The Morgan fingerprint density at radius 2 is 1.60 bits per heavy atom. The van der Waals surface area contributed by atoms with E-state index >= 15 is 0 Å². The quantitative estimate of drug-likeness (QED) is 0.207. The summed E-state index contributed by atoms with van der Waals surface area (Å²) in [6, 6.07) is -3.54. The zero-order valence-electron chi connectivity index (χ0n) is 30.6. The first-order chi connectivity index (χ1) is 23.4. The fourth-order valence-electron chi connectivity index (χ4n) is 8.29. The number of morpholine rings is 1. The van der Waals surface area contributed by atoms with Gasteiger partial charge in [0.2, 0.25) is 27.6 Å². The Balaban J connectivity index is 1.32. The Labute approximate surface area is 297 Å². The highest BCUT2D eigenvalue weighted by atomic mass is 32.2. The SMILES string of the molecule is CCC[C@H](NC(=O)[C@@H]1[C@@H]2[C@H](CN1C(=O)[C@@H](NC(=O)NC1(CS(=O)(=O)N3CCOCC3)CCCCC1)C(C)(C)C)C2(C)C)C(=O)C(=O)NC1CC1. The molecule has 5 amide bonds. The van der Waals surface area contributed by atoms with Gasteiger partial charge >= 0.3 is 6.03 Å². The monoisotopic (exact) mass is 722 g/mol. The fraction of sp³-hybridized carbons (Fsp3) is 0.857. The number of amides is 5. The summed E-state index contributed by atoms with van der Waals surface area (Å²) in [7, 11) is -3.69. The molecule has 5 fully saturated rings. The molecule has 3 aliphatic carbocycles. The Morgan fingerprint density at radius 1 is 0.960 bits per heavy atom. The van der Waals surface area contributed by atoms with Crippen LogP contribution in [0.3, 0.4) is 0 Å². The van der Waals surface area contributed by atoms with E-state index in [0.717, 1.165) is 32.1 Å². The molecule has 282 valence electrons. The largest absolute Gasteiger partial charge is 0.379 e. The lowest BCUT2D eigenvalue weighted by atomic mass is 9.83. The molecule has 0 radical (unpaired) electrons. The van der Waals surface area contributed by atoms with Gasteiger partial charge in [0.1, 0.15) is 12.1 Å². The lowest BCUT2D eigenvalue weighted by Gasteiger charge is -2.41. The molecule has 0 aromatic heterocycles. The second-order valence-electron chi connectivity index (χ2n) is 16.9. The lowest BCUT2D eigenvalue weighted by molar-refractivity contribution is -0.145. The van der Waals surface area contributed by atoms with Crippen molar-refractivity contribution in [2.75, 3.05) is 38.6 Å². The number of fused-ring (bicyclic) bond motifs is 1. The second kappa shape index (κ2) is 14.7. The summed E-state index contributed by atoms with van der Waals surface area (Å²) in [5, 5.41) is 11.4. The van der Waals surface area contributed by atoms with Gasteiger partial charge < -0.3 is 30.9 Å². The van der Waals surface area contributed by atoms with Crippen molar-refractivity contribution in [3.63, 3.8) is 0 Å². The number of hydrogen-bond acceptors (Lipinski definition) is 8. The number of Topliss-reactive ketones (excluding diaryl/α,β-unsaturated/α-hetero) is 1. The summed E-state index contributed by atoms with van der Waals surface area (Å²) in [5.41, 5.74) is -1.95. The predicted molar refractivity (Wildman–Crippen MR) is 186 cm³/mol. The van der Waals surface area contributed by atoms with E-state index in [1.54, 1.807) is 0 Å².